The molecule has 2 rings (SSSR count). The Morgan fingerprint density at radius 2 is 2.10 bits per heavy atom. The Bertz CT molecular complexity index is 635. The van der Waals surface area contributed by atoms with Crippen molar-refractivity contribution in [3.8, 4) is 6.07 Å². The van der Waals surface area contributed by atoms with Gasteiger partial charge in [-0.15, -0.1) is 0 Å². The molecule has 0 fully saturated rings. The lowest BCUT2D eigenvalue weighted by atomic mass is 10.2. The molecule has 4 heteroatoms. The van der Waals surface area contributed by atoms with Crippen LogP contribution in [0.4, 0.5) is 0 Å². The molecule has 0 aliphatic carbocycles. The smallest absolute Gasteiger partial charge is 0.109 e. The van der Waals surface area contributed by atoms with Gasteiger partial charge >= 0.3 is 0 Å². The number of aromatic nitrogens is 2. The van der Waals surface area contributed by atoms with Crippen LogP contribution < -0.4 is 0 Å². The van der Waals surface area contributed by atoms with Crippen molar-refractivity contribution in [1.29, 1.82) is 5.26 Å². The molecule has 1 atom stereocenters. The van der Waals surface area contributed by atoms with E-state index in [9.17, 15) is 5.11 Å². The molecule has 20 heavy (non-hydrogen) atoms. The van der Waals surface area contributed by atoms with E-state index >= 15 is 0 Å². The van der Waals surface area contributed by atoms with Crippen LogP contribution in [0, 0.1) is 17.2 Å². The molecule has 1 unspecified atom stereocenters. The van der Waals surface area contributed by atoms with Crippen molar-refractivity contribution in [2.24, 2.45) is 5.92 Å². The van der Waals surface area contributed by atoms with Gasteiger partial charge in [0.15, 0.2) is 0 Å². The molecule has 0 aliphatic rings. The molecule has 1 aromatic carbocycles. The average Bonchev–Trinajstić information content (AvgIpc) is 2.73. The van der Waals surface area contributed by atoms with Gasteiger partial charge in [0.25, 0.3) is 0 Å². The van der Waals surface area contributed by atoms with E-state index in [2.05, 4.69) is 29.5 Å². The number of nitriles is 1. The van der Waals surface area contributed by atoms with Gasteiger partial charge in [0.05, 0.1) is 28.8 Å². The molecule has 0 amide bonds. The van der Waals surface area contributed by atoms with Crippen LogP contribution in [0.2, 0.25) is 0 Å². The summed E-state index contributed by atoms with van der Waals surface area (Å²) in [6, 6.07) is 7.78. The first kappa shape index (κ1) is 14.5. The minimum Gasteiger partial charge on any atom is -0.393 e. The molecule has 0 saturated carbocycles. The Kier molecular flexibility index (Phi) is 4.41. The van der Waals surface area contributed by atoms with Gasteiger partial charge in [0, 0.05) is 13.0 Å². The molecule has 0 aliphatic heterocycles. The third-order valence-corrected chi connectivity index (χ3v) is 3.29. The summed E-state index contributed by atoms with van der Waals surface area (Å²) in [7, 11) is 0. The number of aliphatic hydroxyl groups is 1. The zero-order chi connectivity index (χ0) is 14.7. The minimum atomic E-state index is -0.322. The summed E-state index contributed by atoms with van der Waals surface area (Å²) in [5, 5.41) is 18.4. The van der Waals surface area contributed by atoms with Gasteiger partial charge in [-0.3, -0.25) is 0 Å². The Balaban J connectivity index is 2.45. The largest absolute Gasteiger partial charge is 0.393 e. The third-order valence-electron chi connectivity index (χ3n) is 3.29. The highest BCUT2D eigenvalue weighted by Crippen LogP contribution is 2.20. The molecule has 0 spiro atoms. The lowest BCUT2D eigenvalue weighted by Crippen LogP contribution is -2.11. The maximum Gasteiger partial charge on any atom is 0.109 e. The molecule has 1 aromatic heterocycles. The fourth-order valence-electron chi connectivity index (χ4n) is 2.35. The van der Waals surface area contributed by atoms with Crippen LogP contribution >= 0.6 is 0 Å². The predicted octanol–water partition coefficient (Wildman–Crippen LogP) is 2.88. The van der Waals surface area contributed by atoms with Crippen molar-refractivity contribution in [3.63, 3.8) is 0 Å². The summed E-state index contributed by atoms with van der Waals surface area (Å²) < 4.78 is 2.21. The van der Waals surface area contributed by atoms with E-state index in [0.717, 1.165) is 29.8 Å². The van der Waals surface area contributed by atoms with E-state index in [1.165, 1.54) is 0 Å². The van der Waals surface area contributed by atoms with E-state index in [1.54, 1.807) is 6.92 Å². The first-order valence-corrected chi connectivity index (χ1v) is 7.08. The van der Waals surface area contributed by atoms with Crippen LogP contribution in [0.3, 0.4) is 0 Å². The highest BCUT2D eigenvalue weighted by molar-refractivity contribution is 5.77. The Morgan fingerprint density at radius 1 is 1.35 bits per heavy atom. The number of benzene rings is 1. The number of fused-ring (bicyclic) bond motifs is 1. The summed E-state index contributed by atoms with van der Waals surface area (Å²) >= 11 is 0. The zero-order valence-electron chi connectivity index (χ0n) is 12.3. The number of aryl methyl sites for hydroxylation is 1. The SMILES string of the molecule is CC(C)Cn1c(CCC(C)O)nc2cc(C#N)ccc21. The molecule has 1 N–H and O–H groups in total. The average molecular weight is 271 g/mol. The second-order valence-electron chi connectivity index (χ2n) is 5.74. The lowest BCUT2D eigenvalue weighted by Gasteiger charge is -2.12. The number of imidazole rings is 1. The van der Waals surface area contributed by atoms with Gasteiger partial charge in [-0.2, -0.15) is 5.26 Å². The van der Waals surface area contributed by atoms with E-state index in [0.29, 0.717) is 17.9 Å². The van der Waals surface area contributed by atoms with Crippen molar-refractivity contribution in [3.05, 3.63) is 29.6 Å². The van der Waals surface area contributed by atoms with Gasteiger partial charge < -0.3 is 9.67 Å². The molecule has 106 valence electrons. The molecule has 0 radical (unpaired) electrons. The van der Waals surface area contributed by atoms with Crippen LogP contribution in [0.25, 0.3) is 11.0 Å². The zero-order valence-corrected chi connectivity index (χ0v) is 12.3. The predicted molar refractivity (Wildman–Crippen MR) is 79.3 cm³/mol. The highest BCUT2D eigenvalue weighted by Gasteiger charge is 2.13. The van der Waals surface area contributed by atoms with Crippen LogP contribution in [0.5, 0.6) is 0 Å². The first-order chi connectivity index (χ1) is 9.51. The number of hydrogen-bond donors (Lipinski definition) is 1. The standard InChI is InChI=1S/C16H21N3O/c1-11(2)10-19-15-6-5-13(9-17)8-14(15)18-16(19)7-4-12(3)20/h5-6,8,11-12,20H,4,7,10H2,1-3H3. The molecule has 0 bridgehead atoms. The van der Waals surface area contributed by atoms with E-state index in [1.807, 2.05) is 18.2 Å². The van der Waals surface area contributed by atoms with E-state index < -0.39 is 0 Å². The minimum absolute atomic E-state index is 0.322. The summed E-state index contributed by atoms with van der Waals surface area (Å²) in [5.74, 6) is 1.51. The molecule has 4 nitrogen and oxygen atoms in total. The van der Waals surface area contributed by atoms with Gasteiger partial charge in [0.1, 0.15) is 5.82 Å². The van der Waals surface area contributed by atoms with Crippen LogP contribution in [0.15, 0.2) is 18.2 Å². The molecular weight excluding hydrogens is 250 g/mol. The lowest BCUT2D eigenvalue weighted by molar-refractivity contribution is 0.183. The maximum absolute atomic E-state index is 9.46. The summed E-state index contributed by atoms with van der Waals surface area (Å²) in [5.41, 5.74) is 2.57. The number of aliphatic hydroxyl groups excluding tert-OH is 1. The molecule has 2 aromatic rings. The van der Waals surface area contributed by atoms with Gasteiger partial charge in [-0.25, -0.2) is 4.98 Å². The topological polar surface area (TPSA) is 61.8 Å². The number of hydrogen-bond acceptors (Lipinski definition) is 3. The van der Waals surface area contributed by atoms with Crippen molar-refractivity contribution >= 4 is 11.0 Å². The van der Waals surface area contributed by atoms with E-state index in [-0.39, 0.29) is 6.10 Å². The fourth-order valence-corrected chi connectivity index (χ4v) is 2.35. The fraction of sp³-hybridized carbons (Fsp3) is 0.500. The van der Waals surface area contributed by atoms with Crippen molar-refractivity contribution in [2.75, 3.05) is 0 Å². The second kappa shape index (κ2) is 6.06. The Labute approximate surface area is 119 Å². The quantitative estimate of drug-likeness (QED) is 0.909. The van der Waals surface area contributed by atoms with Crippen molar-refractivity contribution in [1.82, 2.24) is 9.55 Å². The second-order valence-corrected chi connectivity index (χ2v) is 5.74. The normalized spacial score (nSPS) is 12.8. The van der Waals surface area contributed by atoms with Crippen molar-refractivity contribution in [2.45, 2.75) is 46.3 Å². The molecule has 1 heterocycles. The van der Waals surface area contributed by atoms with Crippen LogP contribution in [0.1, 0.15) is 38.6 Å². The highest BCUT2D eigenvalue weighted by atomic mass is 16.3. The van der Waals surface area contributed by atoms with E-state index in [4.69, 9.17) is 5.26 Å². The summed E-state index contributed by atoms with van der Waals surface area (Å²) in [4.78, 5) is 4.65. The number of rotatable bonds is 5. The summed E-state index contributed by atoms with van der Waals surface area (Å²) in [6.45, 7) is 7.04. The van der Waals surface area contributed by atoms with Gasteiger partial charge in [-0.1, -0.05) is 13.8 Å². The van der Waals surface area contributed by atoms with Gasteiger partial charge in [0.2, 0.25) is 0 Å². The van der Waals surface area contributed by atoms with Crippen LogP contribution in [-0.2, 0) is 13.0 Å². The molecule has 0 saturated heterocycles. The van der Waals surface area contributed by atoms with Crippen molar-refractivity contribution < 1.29 is 5.11 Å². The first-order valence-electron chi connectivity index (χ1n) is 7.08. The summed E-state index contributed by atoms with van der Waals surface area (Å²) in [6.07, 6.45) is 1.13. The number of nitrogens with zero attached hydrogens (tertiary/aromatic N) is 3. The van der Waals surface area contributed by atoms with Crippen LogP contribution in [-0.4, -0.2) is 20.8 Å². The van der Waals surface area contributed by atoms with Gasteiger partial charge in [-0.05, 0) is 37.5 Å². The maximum atomic E-state index is 9.46. The molecular formula is C16H21N3O. The third kappa shape index (κ3) is 3.17. The Morgan fingerprint density at radius 3 is 2.70 bits per heavy atom. The Hall–Kier alpha value is -1.86. The monoisotopic (exact) mass is 271 g/mol.